The van der Waals surface area contributed by atoms with Crippen molar-refractivity contribution in [1.82, 2.24) is 5.32 Å². The summed E-state index contributed by atoms with van der Waals surface area (Å²) in [6, 6.07) is 0. The van der Waals surface area contributed by atoms with Gasteiger partial charge in [-0.15, -0.1) is 0 Å². The molecule has 0 amide bonds. The predicted octanol–water partition coefficient (Wildman–Crippen LogP) is 1.02. The monoisotopic (exact) mass is 167 g/mol. The van der Waals surface area contributed by atoms with Gasteiger partial charge in [0.1, 0.15) is 0 Å². The number of rotatable bonds is 1. The zero-order valence-electron chi connectivity index (χ0n) is 7.51. The van der Waals surface area contributed by atoms with Gasteiger partial charge in [0, 0.05) is 19.8 Å². The lowest BCUT2D eigenvalue weighted by Gasteiger charge is -2.11. The Kier molecular flexibility index (Phi) is 1.50. The van der Waals surface area contributed by atoms with Crippen molar-refractivity contribution in [1.29, 1.82) is 0 Å². The normalized spacial score (nSPS) is 52.0. The zero-order chi connectivity index (χ0) is 8.02. The molecule has 0 aromatic rings. The molecule has 1 spiro atoms. The molecule has 1 saturated carbocycles. The Morgan fingerprint density at radius 3 is 3.08 bits per heavy atom. The number of hydrogen-bond donors (Lipinski definition) is 1. The molecule has 0 radical (unpaired) electrons. The van der Waals surface area contributed by atoms with Crippen LogP contribution in [0.2, 0.25) is 0 Å². The summed E-state index contributed by atoms with van der Waals surface area (Å²) in [5.41, 5.74) is 0.734. The number of ether oxygens (including phenoxy) is 1. The maximum absolute atomic E-state index is 5.44. The zero-order valence-corrected chi connectivity index (χ0v) is 7.51. The highest BCUT2D eigenvalue weighted by Gasteiger charge is 2.58. The van der Waals surface area contributed by atoms with E-state index >= 15 is 0 Å². The van der Waals surface area contributed by atoms with Crippen LogP contribution >= 0.6 is 0 Å². The highest BCUT2D eigenvalue weighted by Crippen LogP contribution is 2.61. The van der Waals surface area contributed by atoms with Gasteiger partial charge in [0.25, 0.3) is 0 Å². The molecule has 2 saturated heterocycles. The molecule has 0 bridgehead atoms. The Labute approximate surface area is 73.7 Å². The third-order valence-corrected chi connectivity index (χ3v) is 4.06. The smallest absolute Gasteiger partial charge is 0.0497 e. The summed E-state index contributed by atoms with van der Waals surface area (Å²) in [6.07, 6.45) is 4.23. The van der Waals surface area contributed by atoms with E-state index in [1.54, 1.807) is 0 Å². The first-order chi connectivity index (χ1) is 5.91. The average molecular weight is 167 g/mol. The standard InChI is InChI=1S/C10H17NO/c1-4-12-6-8(1)9-5-10(9)2-3-11-7-10/h8-9,11H,1-7H2. The van der Waals surface area contributed by atoms with Gasteiger partial charge in [-0.05, 0) is 43.1 Å². The van der Waals surface area contributed by atoms with E-state index in [9.17, 15) is 0 Å². The SMILES string of the molecule is C1CC2(CN1)CC2C1CCOC1. The molecule has 68 valence electrons. The van der Waals surface area contributed by atoms with Gasteiger partial charge >= 0.3 is 0 Å². The Balaban J connectivity index is 1.66. The lowest BCUT2D eigenvalue weighted by molar-refractivity contribution is 0.178. The summed E-state index contributed by atoms with van der Waals surface area (Å²) >= 11 is 0. The lowest BCUT2D eigenvalue weighted by Crippen LogP contribution is -2.15. The fraction of sp³-hybridized carbons (Fsp3) is 1.00. The van der Waals surface area contributed by atoms with Crippen LogP contribution < -0.4 is 5.32 Å². The first kappa shape index (κ1) is 7.34. The molecule has 3 rings (SSSR count). The van der Waals surface area contributed by atoms with Crippen molar-refractivity contribution in [3.05, 3.63) is 0 Å². The number of hydrogen-bond acceptors (Lipinski definition) is 2. The summed E-state index contributed by atoms with van der Waals surface area (Å²) in [5, 5.41) is 3.49. The molecule has 2 heteroatoms. The van der Waals surface area contributed by atoms with E-state index in [-0.39, 0.29) is 0 Å². The topological polar surface area (TPSA) is 21.3 Å². The highest BCUT2D eigenvalue weighted by molar-refractivity contribution is 5.09. The van der Waals surface area contributed by atoms with Gasteiger partial charge in [0.2, 0.25) is 0 Å². The summed E-state index contributed by atoms with van der Waals surface area (Å²) < 4.78 is 5.44. The van der Waals surface area contributed by atoms with E-state index in [1.807, 2.05) is 0 Å². The minimum Gasteiger partial charge on any atom is -0.381 e. The molecular weight excluding hydrogens is 150 g/mol. The molecule has 0 aromatic heterocycles. The maximum Gasteiger partial charge on any atom is 0.0497 e. The fourth-order valence-corrected chi connectivity index (χ4v) is 3.17. The molecule has 1 aliphatic carbocycles. The first-order valence-electron chi connectivity index (χ1n) is 5.19. The quantitative estimate of drug-likeness (QED) is 0.629. The van der Waals surface area contributed by atoms with Crippen LogP contribution in [0.1, 0.15) is 19.3 Å². The summed E-state index contributed by atoms with van der Waals surface area (Å²) in [7, 11) is 0. The largest absolute Gasteiger partial charge is 0.381 e. The van der Waals surface area contributed by atoms with Crippen LogP contribution in [-0.2, 0) is 4.74 Å². The molecule has 3 fully saturated rings. The van der Waals surface area contributed by atoms with Crippen LogP contribution in [0.25, 0.3) is 0 Å². The van der Waals surface area contributed by atoms with Gasteiger partial charge in [-0.25, -0.2) is 0 Å². The number of nitrogens with one attached hydrogen (secondary N) is 1. The summed E-state index contributed by atoms with van der Waals surface area (Å²) in [6.45, 7) is 4.61. The fourth-order valence-electron chi connectivity index (χ4n) is 3.17. The molecule has 1 N–H and O–H groups in total. The molecule has 2 nitrogen and oxygen atoms in total. The van der Waals surface area contributed by atoms with Crippen molar-refractivity contribution < 1.29 is 4.74 Å². The maximum atomic E-state index is 5.44. The molecule has 12 heavy (non-hydrogen) atoms. The molecule has 3 unspecified atom stereocenters. The van der Waals surface area contributed by atoms with Gasteiger partial charge in [0.05, 0.1) is 0 Å². The molecule has 2 aliphatic heterocycles. The minimum absolute atomic E-state index is 0.734. The van der Waals surface area contributed by atoms with Gasteiger partial charge in [-0.1, -0.05) is 0 Å². The van der Waals surface area contributed by atoms with E-state index in [2.05, 4.69) is 5.32 Å². The van der Waals surface area contributed by atoms with Gasteiger partial charge in [-0.3, -0.25) is 0 Å². The van der Waals surface area contributed by atoms with E-state index < -0.39 is 0 Å². The van der Waals surface area contributed by atoms with Crippen molar-refractivity contribution in [2.45, 2.75) is 19.3 Å². The van der Waals surface area contributed by atoms with E-state index in [1.165, 1.54) is 32.4 Å². The third kappa shape index (κ3) is 0.944. The van der Waals surface area contributed by atoms with Crippen molar-refractivity contribution in [3.8, 4) is 0 Å². The van der Waals surface area contributed by atoms with Crippen LogP contribution in [0.15, 0.2) is 0 Å². The van der Waals surface area contributed by atoms with Gasteiger partial charge in [0.15, 0.2) is 0 Å². The third-order valence-electron chi connectivity index (χ3n) is 4.06. The van der Waals surface area contributed by atoms with Gasteiger partial charge in [-0.2, -0.15) is 0 Å². The predicted molar refractivity (Wildman–Crippen MR) is 47.0 cm³/mol. The minimum atomic E-state index is 0.734. The average Bonchev–Trinajstić information content (AvgIpc) is 2.58. The second-order valence-corrected chi connectivity index (χ2v) is 4.72. The van der Waals surface area contributed by atoms with Crippen LogP contribution in [0.4, 0.5) is 0 Å². The lowest BCUT2D eigenvalue weighted by atomic mass is 9.93. The molecule has 2 heterocycles. The van der Waals surface area contributed by atoms with Crippen LogP contribution in [-0.4, -0.2) is 26.3 Å². The van der Waals surface area contributed by atoms with Crippen molar-refractivity contribution in [3.63, 3.8) is 0 Å². The second kappa shape index (κ2) is 2.46. The molecular formula is C10H17NO. The van der Waals surface area contributed by atoms with Gasteiger partial charge < -0.3 is 10.1 Å². The second-order valence-electron chi connectivity index (χ2n) is 4.72. The summed E-state index contributed by atoms with van der Waals surface area (Å²) in [5.74, 6) is 1.92. The van der Waals surface area contributed by atoms with Crippen molar-refractivity contribution in [2.24, 2.45) is 17.3 Å². The Morgan fingerprint density at radius 2 is 2.42 bits per heavy atom. The molecule has 3 aliphatic rings. The Morgan fingerprint density at radius 1 is 1.42 bits per heavy atom. The van der Waals surface area contributed by atoms with Crippen LogP contribution in [0, 0.1) is 17.3 Å². The highest BCUT2D eigenvalue weighted by atomic mass is 16.5. The Hall–Kier alpha value is -0.0800. The van der Waals surface area contributed by atoms with Crippen LogP contribution in [0.3, 0.4) is 0 Å². The van der Waals surface area contributed by atoms with E-state index in [0.29, 0.717) is 0 Å². The van der Waals surface area contributed by atoms with Crippen LogP contribution in [0.5, 0.6) is 0 Å². The molecule has 0 aromatic carbocycles. The van der Waals surface area contributed by atoms with E-state index in [0.717, 1.165) is 30.5 Å². The summed E-state index contributed by atoms with van der Waals surface area (Å²) in [4.78, 5) is 0. The Bertz CT molecular complexity index is 180. The first-order valence-corrected chi connectivity index (χ1v) is 5.19. The van der Waals surface area contributed by atoms with Crippen molar-refractivity contribution >= 4 is 0 Å². The van der Waals surface area contributed by atoms with E-state index in [4.69, 9.17) is 4.74 Å². The molecule has 3 atom stereocenters. The van der Waals surface area contributed by atoms with Crippen molar-refractivity contribution in [2.75, 3.05) is 26.3 Å².